The molecule has 156 valence electrons. The molecular weight excluding hydrogens is 374 g/mol. The summed E-state index contributed by atoms with van der Waals surface area (Å²) in [6, 6.07) is 8.34. The molecule has 1 atom stereocenters. The first-order valence-corrected chi connectivity index (χ1v) is 11.0. The fourth-order valence-corrected chi connectivity index (χ4v) is 4.45. The van der Waals surface area contributed by atoms with Crippen LogP contribution in [0, 0.1) is 5.92 Å². The van der Waals surface area contributed by atoms with Crippen LogP contribution in [0.15, 0.2) is 29.3 Å². The van der Waals surface area contributed by atoms with Gasteiger partial charge in [0.05, 0.1) is 13.2 Å². The monoisotopic (exact) mass is 407 g/mol. The summed E-state index contributed by atoms with van der Waals surface area (Å²) in [5, 5.41) is 7.77. The molecule has 1 unspecified atom stereocenters. The van der Waals surface area contributed by atoms with Crippen LogP contribution in [-0.4, -0.2) is 52.5 Å². The summed E-state index contributed by atoms with van der Waals surface area (Å²) >= 11 is 6.25. The number of rotatable bonds is 9. The first kappa shape index (κ1) is 21.4. The summed E-state index contributed by atoms with van der Waals surface area (Å²) in [4.78, 5) is 4.38. The normalized spacial score (nSPS) is 21.8. The SMILES string of the molecule is CN=C(NCCCOCC1CCOC1)NCC1(c2cccc(Cl)c2)CCCC1. The lowest BCUT2D eigenvalue weighted by molar-refractivity contribution is 0.0888. The highest BCUT2D eigenvalue weighted by Crippen LogP contribution is 2.41. The Labute approximate surface area is 174 Å². The molecule has 2 fully saturated rings. The van der Waals surface area contributed by atoms with Crippen molar-refractivity contribution < 1.29 is 9.47 Å². The van der Waals surface area contributed by atoms with Crippen LogP contribution in [0.4, 0.5) is 0 Å². The minimum absolute atomic E-state index is 0.148. The molecule has 0 spiro atoms. The highest BCUT2D eigenvalue weighted by Gasteiger charge is 2.35. The maximum atomic E-state index is 6.25. The average Bonchev–Trinajstić information content (AvgIpc) is 3.39. The number of hydrogen-bond acceptors (Lipinski definition) is 3. The molecule has 28 heavy (non-hydrogen) atoms. The average molecular weight is 408 g/mol. The number of aliphatic imine (C=N–C) groups is 1. The molecule has 1 aromatic carbocycles. The van der Waals surface area contributed by atoms with Crippen molar-refractivity contribution in [1.82, 2.24) is 10.6 Å². The molecule has 6 heteroatoms. The Balaban J connectivity index is 1.40. The smallest absolute Gasteiger partial charge is 0.191 e. The number of halogens is 1. The van der Waals surface area contributed by atoms with Gasteiger partial charge in [-0.3, -0.25) is 4.99 Å². The Hall–Kier alpha value is -1.30. The molecule has 1 aliphatic carbocycles. The summed E-state index contributed by atoms with van der Waals surface area (Å²) in [5.74, 6) is 1.44. The minimum atomic E-state index is 0.148. The second-order valence-corrected chi connectivity index (χ2v) is 8.44. The second kappa shape index (κ2) is 11.0. The van der Waals surface area contributed by atoms with Crippen molar-refractivity contribution in [3.8, 4) is 0 Å². The quantitative estimate of drug-likeness (QED) is 0.372. The Bertz CT molecular complexity index is 626. The molecule has 0 radical (unpaired) electrons. The van der Waals surface area contributed by atoms with Crippen molar-refractivity contribution in [2.75, 3.05) is 46.6 Å². The van der Waals surface area contributed by atoms with Crippen LogP contribution in [0.5, 0.6) is 0 Å². The third kappa shape index (κ3) is 6.10. The topological polar surface area (TPSA) is 54.9 Å². The van der Waals surface area contributed by atoms with Gasteiger partial charge < -0.3 is 20.1 Å². The third-order valence-electron chi connectivity index (χ3n) is 5.95. The number of benzene rings is 1. The van der Waals surface area contributed by atoms with Gasteiger partial charge >= 0.3 is 0 Å². The van der Waals surface area contributed by atoms with Gasteiger partial charge in [-0.25, -0.2) is 0 Å². The van der Waals surface area contributed by atoms with Crippen molar-refractivity contribution in [2.24, 2.45) is 10.9 Å². The number of nitrogens with zero attached hydrogens (tertiary/aromatic N) is 1. The lowest BCUT2D eigenvalue weighted by Crippen LogP contribution is -2.45. The standard InChI is InChI=1S/C22H34ClN3O2/c1-24-21(25-11-5-12-27-15-18-8-13-28-16-18)26-17-22(9-2-3-10-22)19-6-4-7-20(23)14-19/h4,6-7,14,18H,2-3,5,8-13,15-17H2,1H3,(H2,24,25,26). The Morgan fingerprint density at radius 1 is 1.32 bits per heavy atom. The van der Waals surface area contributed by atoms with Gasteiger partial charge in [0.15, 0.2) is 5.96 Å². The molecule has 0 amide bonds. The molecule has 1 heterocycles. The summed E-state index contributed by atoms with van der Waals surface area (Å²) in [5.41, 5.74) is 1.49. The van der Waals surface area contributed by atoms with Crippen molar-refractivity contribution in [2.45, 2.75) is 43.9 Å². The highest BCUT2D eigenvalue weighted by atomic mass is 35.5. The van der Waals surface area contributed by atoms with Gasteiger partial charge in [0, 0.05) is 49.7 Å². The van der Waals surface area contributed by atoms with E-state index in [1.807, 2.05) is 13.1 Å². The zero-order valence-electron chi connectivity index (χ0n) is 17.0. The lowest BCUT2D eigenvalue weighted by Gasteiger charge is -2.31. The van der Waals surface area contributed by atoms with E-state index in [0.717, 1.165) is 63.3 Å². The van der Waals surface area contributed by atoms with E-state index in [0.29, 0.717) is 5.92 Å². The highest BCUT2D eigenvalue weighted by molar-refractivity contribution is 6.30. The zero-order chi connectivity index (χ0) is 19.7. The van der Waals surface area contributed by atoms with Gasteiger partial charge in [0.25, 0.3) is 0 Å². The zero-order valence-corrected chi connectivity index (χ0v) is 17.8. The van der Waals surface area contributed by atoms with Crippen molar-refractivity contribution in [1.29, 1.82) is 0 Å². The van der Waals surface area contributed by atoms with E-state index in [-0.39, 0.29) is 5.41 Å². The summed E-state index contributed by atoms with van der Waals surface area (Å²) in [6.45, 7) is 5.05. The molecule has 2 aliphatic rings. The van der Waals surface area contributed by atoms with Crippen LogP contribution < -0.4 is 10.6 Å². The van der Waals surface area contributed by atoms with E-state index in [2.05, 4.69) is 33.8 Å². The number of nitrogens with one attached hydrogen (secondary N) is 2. The molecule has 0 bridgehead atoms. The second-order valence-electron chi connectivity index (χ2n) is 8.01. The van der Waals surface area contributed by atoms with E-state index in [4.69, 9.17) is 21.1 Å². The van der Waals surface area contributed by atoms with E-state index in [1.54, 1.807) is 0 Å². The predicted octanol–water partition coefficient (Wildman–Crippen LogP) is 3.76. The predicted molar refractivity (Wildman–Crippen MR) is 115 cm³/mol. The first-order valence-electron chi connectivity index (χ1n) is 10.6. The van der Waals surface area contributed by atoms with Gasteiger partial charge in [0.2, 0.25) is 0 Å². The molecule has 1 aromatic rings. The van der Waals surface area contributed by atoms with Gasteiger partial charge in [-0.15, -0.1) is 0 Å². The van der Waals surface area contributed by atoms with Crippen LogP contribution in [-0.2, 0) is 14.9 Å². The molecule has 1 aliphatic heterocycles. The van der Waals surface area contributed by atoms with E-state index in [9.17, 15) is 0 Å². The maximum absolute atomic E-state index is 6.25. The minimum Gasteiger partial charge on any atom is -0.381 e. The molecule has 2 N–H and O–H groups in total. The lowest BCUT2D eigenvalue weighted by atomic mass is 9.79. The maximum Gasteiger partial charge on any atom is 0.191 e. The Morgan fingerprint density at radius 3 is 2.89 bits per heavy atom. The molecule has 3 rings (SSSR count). The number of hydrogen-bond donors (Lipinski definition) is 2. The summed E-state index contributed by atoms with van der Waals surface area (Å²) in [6.07, 6.45) is 7.01. The fraction of sp³-hybridized carbons (Fsp3) is 0.682. The van der Waals surface area contributed by atoms with Crippen molar-refractivity contribution in [3.05, 3.63) is 34.9 Å². The van der Waals surface area contributed by atoms with Crippen LogP contribution in [0.3, 0.4) is 0 Å². The van der Waals surface area contributed by atoms with Crippen LogP contribution >= 0.6 is 11.6 Å². The number of ether oxygens (including phenoxy) is 2. The van der Waals surface area contributed by atoms with Gasteiger partial charge in [-0.05, 0) is 43.4 Å². The summed E-state index contributed by atoms with van der Waals surface area (Å²) < 4.78 is 11.1. The Morgan fingerprint density at radius 2 is 2.18 bits per heavy atom. The van der Waals surface area contributed by atoms with E-state index >= 15 is 0 Å². The van der Waals surface area contributed by atoms with Gasteiger partial charge in [0.1, 0.15) is 0 Å². The molecule has 1 saturated heterocycles. The van der Waals surface area contributed by atoms with Gasteiger partial charge in [-0.1, -0.05) is 36.6 Å². The first-order chi connectivity index (χ1) is 13.7. The fourth-order valence-electron chi connectivity index (χ4n) is 4.26. The Kier molecular flexibility index (Phi) is 8.44. The summed E-state index contributed by atoms with van der Waals surface area (Å²) in [7, 11) is 1.83. The molecule has 5 nitrogen and oxygen atoms in total. The van der Waals surface area contributed by atoms with Crippen molar-refractivity contribution in [3.63, 3.8) is 0 Å². The van der Waals surface area contributed by atoms with Crippen molar-refractivity contribution >= 4 is 17.6 Å². The number of guanidine groups is 1. The molecule has 1 saturated carbocycles. The van der Waals surface area contributed by atoms with Crippen LogP contribution in [0.25, 0.3) is 0 Å². The van der Waals surface area contributed by atoms with Crippen LogP contribution in [0.1, 0.15) is 44.1 Å². The van der Waals surface area contributed by atoms with E-state index in [1.165, 1.54) is 31.2 Å². The van der Waals surface area contributed by atoms with E-state index < -0.39 is 0 Å². The molecule has 0 aromatic heterocycles. The largest absolute Gasteiger partial charge is 0.381 e. The third-order valence-corrected chi connectivity index (χ3v) is 6.19. The van der Waals surface area contributed by atoms with Crippen LogP contribution in [0.2, 0.25) is 5.02 Å². The molecular formula is C22H34ClN3O2. The van der Waals surface area contributed by atoms with Gasteiger partial charge in [-0.2, -0.15) is 0 Å².